The predicted molar refractivity (Wildman–Crippen MR) is 74.8 cm³/mol. The standard InChI is InChI=1S/C14H8F5NO4S/c15-9-10(16)12(18)14(13(19)11(9)17)20(6-8(21)22)25(23,24)7-4-2-1-3-5-7/h1-5H,6H2,(H,21,22). The molecular formula is C14H8F5NO4S. The number of nitrogens with zero attached hydrogens (tertiary/aromatic N) is 1. The fourth-order valence-electron chi connectivity index (χ4n) is 1.94. The van der Waals surface area contributed by atoms with Crippen LogP contribution in [0, 0.1) is 29.1 Å². The van der Waals surface area contributed by atoms with Crippen LogP contribution in [0.5, 0.6) is 0 Å². The van der Waals surface area contributed by atoms with Crippen molar-refractivity contribution in [3.05, 3.63) is 59.4 Å². The molecule has 0 heterocycles. The third-order valence-electron chi connectivity index (χ3n) is 3.05. The van der Waals surface area contributed by atoms with Crippen LogP contribution in [0.1, 0.15) is 0 Å². The van der Waals surface area contributed by atoms with Crippen LogP contribution in [0.15, 0.2) is 35.2 Å². The summed E-state index contributed by atoms with van der Waals surface area (Å²) in [6, 6.07) is 5.79. The summed E-state index contributed by atoms with van der Waals surface area (Å²) >= 11 is 0. The zero-order chi connectivity index (χ0) is 18.9. The summed E-state index contributed by atoms with van der Waals surface area (Å²) in [4.78, 5) is 10.3. The monoisotopic (exact) mass is 381 g/mol. The highest BCUT2D eigenvalue weighted by molar-refractivity contribution is 7.92. The second-order valence-corrected chi connectivity index (χ2v) is 6.50. The van der Waals surface area contributed by atoms with E-state index in [4.69, 9.17) is 5.11 Å². The van der Waals surface area contributed by atoms with Gasteiger partial charge < -0.3 is 5.11 Å². The Balaban J connectivity index is 2.79. The van der Waals surface area contributed by atoms with Gasteiger partial charge in [-0.1, -0.05) is 18.2 Å². The highest BCUT2D eigenvalue weighted by Gasteiger charge is 2.36. The van der Waals surface area contributed by atoms with Crippen molar-refractivity contribution >= 4 is 21.7 Å². The van der Waals surface area contributed by atoms with E-state index in [1.165, 1.54) is 18.2 Å². The van der Waals surface area contributed by atoms with Gasteiger partial charge in [0.2, 0.25) is 5.82 Å². The van der Waals surface area contributed by atoms with Crippen molar-refractivity contribution < 1.29 is 40.3 Å². The van der Waals surface area contributed by atoms with Crippen LogP contribution in [0.25, 0.3) is 0 Å². The van der Waals surface area contributed by atoms with Gasteiger partial charge in [0.05, 0.1) is 4.90 Å². The first kappa shape index (κ1) is 18.6. The zero-order valence-corrected chi connectivity index (χ0v) is 12.8. The summed E-state index contributed by atoms with van der Waals surface area (Å²) in [6.07, 6.45) is 0. The quantitative estimate of drug-likeness (QED) is 0.491. The van der Waals surface area contributed by atoms with Crippen molar-refractivity contribution in [2.24, 2.45) is 0 Å². The first-order chi connectivity index (χ1) is 11.6. The number of halogens is 5. The lowest BCUT2D eigenvalue weighted by Gasteiger charge is -2.24. The van der Waals surface area contributed by atoms with Gasteiger partial charge in [-0.3, -0.25) is 4.79 Å². The van der Waals surface area contributed by atoms with Gasteiger partial charge in [0.15, 0.2) is 23.3 Å². The largest absolute Gasteiger partial charge is 0.480 e. The fourth-order valence-corrected chi connectivity index (χ4v) is 3.38. The van der Waals surface area contributed by atoms with Crippen LogP contribution in [0.3, 0.4) is 0 Å². The van der Waals surface area contributed by atoms with Gasteiger partial charge in [0, 0.05) is 0 Å². The maximum atomic E-state index is 13.9. The molecule has 25 heavy (non-hydrogen) atoms. The smallest absolute Gasteiger partial charge is 0.324 e. The number of hydrogen-bond acceptors (Lipinski definition) is 3. The maximum absolute atomic E-state index is 13.9. The van der Waals surface area contributed by atoms with E-state index in [9.17, 15) is 35.2 Å². The van der Waals surface area contributed by atoms with Crippen LogP contribution in [-0.4, -0.2) is 26.0 Å². The molecule has 0 unspecified atom stereocenters. The summed E-state index contributed by atoms with van der Waals surface area (Å²) < 4.78 is 92.3. The average Bonchev–Trinajstić information content (AvgIpc) is 2.58. The van der Waals surface area contributed by atoms with Crippen LogP contribution in [0.4, 0.5) is 27.6 Å². The number of rotatable bonds is 5. The molecule has 2 aromatic rings. The zero-order valence-electron chi connectivity index (χ0n) is 12.0. The summed E-state index contributed by atoms with van der Waals surface area (Å²) in [6.45, 7) is -1.56. The van der Waals surface area contributed by atoms with E-state index < -0.39 is 62.2 Å². The average molecular weight is 381 g/mol. The van der Waals surface area contributed by atoms with Crippen LogP contribution in [-0.2, 0) is 14.8 Å². The topological polar surface area (TPSA) is 74.7 Å². The molecule has 0 aliphatic carbocycles. The minimum Gasteiger partial charge on any atom is -0.480 e. The second kappa shape index (κ2) is 6.67. The Kier molecular flexibility index (Phi) is 4.97. The van der Waals surface area contributed by atoms with Gasteiger partial charge >= 0.3 is 5.97 Å². The van der Waals surface area contributed by atoms with Crippen LogP contribution < -0.4 is 4.31 Å². The third kappa shape index (κ3) is 3.27. The Morgan fingerprint density at radius 3 is 1.76 bits per heavy atom. The molecule has 0 aliphatic rings. The predicted octanol–water partition coefficient (Wildman–Crippen LogP) is 2.66. The number of hydrogen-bond donors (Lipinski definition) is 1. The van der Waals surface area contributed by atoms with Crippen molar-refractivity contribution in [3.8, 4) is 0 Å². The summed E-state index contributed by atoms with van der Waals surface area (Å²) in [5, 5.41) is 8.82. The molecule has 2 aromatic carbocycles. The first-order valence-electron chi connectivity index (χ1n) is 6.40. The number of carboxylic acids is 1. The Morgan fingerprint density at radius 1 is 0.880 bits per heavy atom. The molecule has 0 aliphatic heterocycles. The lowest BCUT2D eigenvalue weighted by molar-refractivity contribution is -0.135. The van der Waals surface area contributed by atoms with Gasteiger partial charge in [-0.05, 0) is 12.1 Å². The molecule has 0 bridgehead atoms. The SMILES string of the molecule is O=C(O)CN(c1c(F)c(F)c(F)c(F)c1F)S(=O)(=O)c1ccccc1. The van der Waals surface area contributed by atoms with E-state index in [0.29, 0.717) is 0 Å². The highest BCUT2D eigenvalue weighted by atomic mass is 32.2. The molecule has 11 heteroatoms. The van der Waals surface area contributed by atoms with Gasteiger partial charge in [-0.15, -0.1) is 0 Å². The molecule has 134 valence electrons. The number of carboxylic acid groups (broad SMARTS) is 1. The van der Waals surface area contributed by atoms with Crippen LogP contribution in [0.2, 0.25) is 0 Å². The Bertz CT molecular complexity index is 905. The second-order valence-electron chi connectivity index (χ2n) is 4.64. The molecule has 2 rings (SSSR count). The molecule has 0 fully saturated rings. The van der Waals surface area contributed by atoms with Crippen molar-refractivity contribution in [1.29, 1.82) is 0 Å². The van der Waals surface area contributed by atoms with E-state index in [1.807, 2.05) is 0 Å². The summed E-state index contributed by atoms with van der Waals surface area (Å²) in [5.41, 5.74) is -1.87. The Labute approximate surface area is 138 Å². The van der Waals surface area contributed by atoms with E-state index >= 15 is 0 Å². The maximum Gasteiger partial charge on any atom is 0.324 e. The Morgan fingerprint density at radius 2 is 1.32 bits per heavy atom. The van der Waals surface area contributed by atoms with Crippen LogP contribution >= 0.6 is 0 Å². The number of benzene rings is 2. The fraction of sp³-hybridized carbons (Fsp3) is 0.0714. The van der Waals surface area contributed by atoms with E-state index in [1.54, 1.807) is 0 Å². The number of anilines is 1. The number of aliphatic carboxylic acids is 1. The summed E-state index contributed by atoms with van der Waals surface area (Å²) in [7, 11) is -4.92. The van der Waals surface area contributed by atoms with Crippen molar-refractivity contribution in [1.82, 2.24) is 0 Å². The molecule has 0 radical (unpaired) electrons. The molecule has 5 nitrogen and oxygen atoms in total. The van der Waals surface area contributed by atoms with Crippen molar-refractivity contribution in [2.45, 2.75) is 4.90 Å². The molecule has 0 aromatic heterocycles. The molecular weight excluding hydrogens is 373 g/mol. The lowest BCUT2D eigenvalue weighted by Crippen LogP contribution is -2.37. The minimum absolute atomic E-state index is 0.388. The number of sulfonamides is 1. The minimum atomic E-state index is -4.92. The van der Waals surface area contributed by atoms with Crippen molar-refractivity contribution in [2.75, 3.05) is 10.8 Å². The molecule has 0 saturated carbocycles. The molecule has 0 saturated heterocycles. The van der Waals surface area contributed by atoms with Gasteiger partial charge in [0.1, 0.15) is 12.2 Å². The summed E-state index contributed by atoms with van der Waals surface area (Å²) in [5.74, 6) is -14.1. The Hall–Kier alpha value is -2.69. The van der Waals surface area contributed by atoms with E-state index in [0.717, 1.165) is 12.1 Å². The molecule has 0 spiro atoms. The van der Waals surface area contributed by atoms with Gasteiger partial charge in [0.25, 0.3) is 10.0 Å². The van der Waals surface area contributed by atoms with Gasteiger partial charge in [-0.2, -0.15) is 0 Å². The van der Waals surface area contributed by atoms with E-state index in [-0.39, 0.29) is 4.31 Å². The first-order valence-corrected chi connectivity index (χ1v) is 7.84. The molecule has 0 amide bonds. The third-order valence-corrected chi connectivity index (χ3v) is 4.81. The molecule has 0 atom stereocenters. The van der Waals surface area contributed by atoms with Crippen molar-refractivity contribution in [3.63, 3.8) is 0 Å². The highest BCUT2D eigenvalue weighted by Crippen LogP contribution is 2.33. The lowest BCUT2D eigenvalue weighted by atomic mass is 10.2. The van der Waals surface area contributed by atoms with E-state index in [2.05, 4.69) is 0 Å². The van der Waals surface area contributed by atoms with Gasteiger partial charge in [-0.25, -0.2) is 34.7 Å². The normalized spacial score (nSPS) is 11.4. The number of carbonyl (C=O) groups is 1. The molecule has 1 N–H and O–H groups in total.